The van der Waals surface area contributed by atoms with Gasteiger partial charge in [0.2, 0.25) is 0 Å². The summed E-state index contributed by atoms with van der Waals surface area (Å²) in [5.74, 6) is 0. The lowest BCUT2D eigenvalue weighted by Crippen LogP contribution is -2.29. The highest BCUT2D eigenvalue weighted by Gasteiger charge is 2.28. The summed E-state index contributed by atoms with van der Waals surface area (Å²) in [6, 6.07) is 7.17. The molecule has 3 nitrogen and oxygen atoms in total. The molecule has 0 aromatic heterocycles. The van der Waals surface area contributed by atoms with Crippen LogP contribution in [0.5, 0.6) is 0 Å². The first-order valence-electron chi connectivity index (χ1n) is 6.36. The molecule has 0 radical (unpaired) electrons. The van der Waals surface area contributed by atoms with Crippen LogP contribution in [0.4, 0.5) is 0 Å². The lowest BCUT2D eigenvalue weighted by atomic mass is 10.1. The van der Waals surface area contributed by atoms with Crippen molar-refractivity contribution in [1.29, 1.82) is 0 Å². The molecule has 0 saturated carbocycles. The highest BCUT2D eigenvalue weighted by atomic mass is 32.2. The van der Waals surface area contributed by atoms with Crippen molar-refractivity contribution in [3.8, 4) is 0 Å². The van der Waals surface area contributed by atoms with Gasteiger partial charge in [-0.25, -0.2) is 8.42 Å². The van der Waals surface area contributed by atoms with Gasteiger partial charge in [0.15, 0.2) is 0 Å². The summed E-state index contributed by atoms with van der Waals surface area (Å²) >= 11 is 0. The van der Waals surface area contributed by atoms with Crippen molar-refractivity contribution in [3.05, 3.63) is 35.5 Å². The molecule has 0 amide bonds. The molecule has 4 heteroatoms. The predicted octanol–water partition coefficient (Wildman–Crippen LogP) is 3.24. The van der Waals surface area contributed by atoms with Crippen molar-refractivity contribution in [2.45, 2.75) is 37.5 Å². The van der Waals surface area contributed by atoms with Crippen molar-refractivity contribution in [2.24, 2.45) is 0 Å². The summed E-state index contributed by atoms with van der Waals surface area (Å²) < 4.78 is 26.1. The van der Waals surface area contributed by atoms with Crippen LogP contribution < -0.4 is 0 Å². The van der Waals surface area contributed by atoms with Gasteiger partial charge in [0, 0.05) is 12.7 Å². The van der Waals surface area contributed by atoms with Crippen LogP contribution in [-0.2, 0) is 10.0 Å². The molecular weight excluding hydrogens is 246 g/mol. The Labute approximate surface area is 109 Å². The van der Waals surface area contributed by atoms with Crippen LogP contribution in [0.1, 0.15) is 38.2 Å². The Morgan fingerprint density at radius 1 is 1.17 bits per heavy atom. The van der Waals surface area contributed by atoms with Crippen LogP contribution in [0.25, 0.3) is 6.08 Å². The quantitative estimate of drug-likeness (QED) is 0.784. The average molecular weight is 265 g/mol. The summed E-state index contributed by atoms with van der Waals surface area (Å²) in [6.07, 6.45) is 6.11. The second kappa shape index (κ2) is 5.14. The molecule has 0 spiro atoms. The molecule has 0 fully saturated rings. The number of hydrogen-bond donors (Lipinski definition) is 0. The SMILES string of the molecule is CCCCCC1=Cc2ccccc2S(=O)(=O)N1C. The van der Waals surface area contributed by atoms with E-state index in [-0.39, 0.29) is 0 Å². The minimum absolute atomic E-state index is 0.409. The number of hydrogen-bond acceptors (Lipinski definition) is 2. The second-order valence-electron chi connectivity index (χ2n) is 4.60. The number of rotatable bonds is 4. The molecule has 1 aromatic carbocycles. The second-order valence-corrected chi connectivity index (χ2v) is 6.54. The highest BCUT2D eigenvalue weighted by Crippen LogP contribution is 2.31. The van der Waals surface area contributed by atoms with Gasteiger partial charge in [-0.1, -0.05) is 38.0 Å². The smallest absolute Gasteiger partial charge is 0.264 e. The maximum atomic E-state index is 12.3. The Bertz CT molecular complexity index is 561. The summed E-state index contributed by atoms with van der Waals surface area (Å²) in [5.41, 5.74) is 1.70. The van der Waals surface area contributed by atoms with Crippen LogP contribution >= 0.6 is 0 Å². The van der Waals surface area contributed by atoms with Gasteiger partial charge < -0.3 is 0 Å². The van der Waals surface area contributed by atoms with Crippen LogP contribution in [0.3, 0.4) is 0 Å². The highest BCUT2D eigenvalue weighted by molar-refractivity contribution is 7.89. The zero-order valence-corrected chi connectivity index (χ0v) is 11.7. The van der Waals surface area contributed by atoms with Crippen molar-refractivity contribution in [1.82, 2.24) is 4.31 Å². The van der Waals surface area contributed by atoms with Gasteiger partial charge in [-0.15, -0.1) is 0 Å². The Morgan fingerprint density at radius 2 is 1.89 bits per heavy atom. The topological polar surface area (TPSA) is 37.4 Å². The van der Waals surface area contributed by atoms with Crippen LogP contribution in [-0.4, -0.2) is 19.8 Å². The number of unbranched alkanes of at least 4 members (excludes halogenated alkanes) is 2. The predicted molar refractivity (Wildman–Crippen MR) is 73.5 cm³/mol. The summed E-state index contributed by atoms with van der Waals surface area (Å²) in [6.45, 7) is 2.14. The van der Waals surface area contributed by atoms with E-state index in [9.17, 15) is 8.42 Å². The molecule has 1 aliphatic rings. The molecule has 98 valence electrons. The van der Waals surface area contributed by atoms with Crippen molar-refractivity contribution in [3.63, 3.8) is 0 Å². The molecule has 2 rings (SSSR count). The Kier molecular flexibility index (Phi) is 3.76. The molecule has 0 saturated heterocycles. The van der Waals surface area contributed by atoms with Gasteiger partial charge in [0.1, 0.15) is 0 Å². The fraction of sp³-hybridized carbons (Fsp3) is 0.429. The molecule has 0 atom stereocenters. The lowest BCUT2D eigenvalue weighted by molar-refractivity contribution is 0.505. The Balaban J connectivity index is 2.36. The zero-order valence-electron chi connectivity index (χ0n) is 10.9. The largest absolute Gasteiger partial charge is 0.273 e. The first-order chi connectivity index (χ1) is 8.57. The molecule has 1 aliphatic heterocycles. The molecule has 1 aromatic rings. The molecule has 18 heavy (non-hydrogen) atoms. The first kappa shape index (κ1) is 13.1. The molecule has 0 bridgehead atoms. The Hall–Kier alpha value is -1.29. The Morgan fingerprint density at radius 3 is 2.61 bits per heavy atom. The summed E-state index contributed by atoms with van der Waals surface area (Å²) in [7, 11) is -1.70. The van der Waals surface area contributed by atoms with Crippen LogP contribution in [0.15, 0.2) is 34.9 Å². The summed E-state index contributed by atoms with van der Waals surface area (Å²) in [5, 5.41) is 0. The third-order valence-electron chi connectivity index (χ3n) is 3.32. The van der Waals surface area contributed by atoms with E-state index in [0.29, 0.717) is 4.90 Å². The number of benzene rings is 1. The zero-order chi connectivity index (χ0) is 13.2. The molecule has 0 unspecified atom stereocenters. The maximum absolute atomic E-state index is 12.3. The van der Waals surface area contributed by atoms with E-state index in [1.807, 2.05) is 18.2 Å². The monoisotopic (exact) mass is 265 g/mol. The number of sulfonamides is 1. The van der Waals surface area contributed by atoms with E-state index in [4.69, 9.17) is 0 Å². The number of allylic oxidation sites excluding steroid dienone is 1. The number of fused-ring (bicyclic) bond motifs is 1. The number of nitrogens with zero attached hydrogens (tertiary/aromatic N) is 1. The summed E-state index contributed by atoms with van der Waals surface area (Å²) in [4.78, 5) is 0.409. The first-order valence-corrected chi connectivity index (χ1v) is 7.80. The fourth-order valence-corrected chi connectivity index (χ4v) is 3.62. The van der Waals surface area contributed by atoms with E-state index in [0.717, 1.165) is 36.9 Å². The van der Waals surface area contributed by atoms with Gasteiger partial charge in [-0.2, -0.15) is 0 Å². The third kappa shape index (κ3) is 2.29. The maximum Gasteiger partial charge on any atom is 0.264 e. The van der Waals surface area contributed by atoms with Gasteiger partial charge in [0.25, 0.3) is 10.0 Å². The molecule has 0 aliphatic carbocycles. The molecular formula is C14H19NO2S. The fourth-order valence-electron chi connectivity index (χ4n) is 2.19. The van der Waals surface area contributed by atoms with E-state index in [1.165, 1.54) is 4.31 Å². The van der Waals surface area contributed by atoms with Crippen molar-refractivity contribution < 1.29 is 8.42 Å². The van der Waals surface area contributed by atoms with Gasteiger partial charge in [-0.3, -0.25) is 4.31 Å². The van der Waals surface area contributed by atoms with E-state index >= 15 is 0 Å². The van der Waals surface area contributed by atoms with Crippen LogP contribution in [0, 0.1) is 0 Å². The standard InChI is InChI=1S/C14H19NO2S/c1-3-4-5-9-13-11-12-8-6-7-10-14(12)18(16,17)15(13)2/h6-8,10-11H,3-5,9H2,1-2H3. The minimum Gasteiger partial charge on any atom is -0.273 e. The normalized spacial score (nSPS) is 17.2. The minimum atomic E-state index is -3.34. The van der Waals surface area contributed by atoms with Gasteiger partial charge in [-0.05, 0) is 30.5 Å². The lowest BCUT2D eigenvalue weighted by Gasteiger charge is -2.27. The third-order valence-corrected chi connectivity index (χ3v) is 5.20. The van der Waals surface area contributed by atoms with E-state index < -0.39 is 10.0 Å². The average Bonchev–Trinajstić information content (AvgIpc) is 2.36. The van der Waals surface area contributed by atoms with E-state index in [2.05, 4.69) is 6.92 Å². The van der Waals surface area contributed by atoms with Gasteiger partial charge in [0.05, 0.1) is 4.90 Å². The van der Waals surface area contributed by atoms with Gasteiger partial charge >= 0.3 is 0 Å². The van der Waals surface area contributed by atoms with Crippen LogP contribution in [0.2, 0.25) is 0 Å². The van der Waals surface area contributed by atoms with E-state index in [1.54, 1.807) is 19.2 Å². The van der Waals surface area contributed by atoms with Crippen molar-refractivity contribution in [2.75, 3.05) is 7.05 Å². The molecule has 1 heterocycles. The van der Waals surface area contributed by atoms with Crippen molar-refractivity contribution >= 4 is 16.1 Å². The molecule has 0 N–H and O–H groups in total.